The second kappa shape index (κ2) is 6.86. The van der Waals surface area contributed by atoms with E-state index in [2.05, 4.69) is 10.3 Å². The van der Waals surface area contributed by atoms with E-state index in [9.17, 15) is 9.90 Å². The van der Waals surface area contributed by atoms with Crippen LogP contribution in [0.15, 0.2) is 41.3 Å². The third kappa shape index (κ3) is 3.68. The maximum Gasteiger partial charge on any atom is 0.251 e. The highest BCUT2D eigenvalue weighted by Gasteiger charge is 2.07. The lowest BCUT2D eigenvalue weighted by atomic mass is 10.1. The number of aliphatic hydroxyl groups excluding tert-OH is 1. The minimum absolute atomic E-state index is 0.141. The van der Waals surface area contributed by atoms with Crippen LogP contribution in [0.3, 0.4) is 0 Å². The average Bonchev–Trinajstić information content (AvgIpc) is 3.01. The zero-order chi connectivity index (χ0) is 14.4. The van der Waals surface area contributed by atoms with Crippen LogP contribution in [0.2, 0.25) is 0 Å². The predicted molar refractivity (Wildman–Crippen MR) is 75.2 cm³/mol. The van der Waals surface area contributed by atoms with Crippen LogP contribution in [-0.4, -0.2) is 28.6 Å². The summed E-state index contributed by atoms with van der Waals surface area (Å²) in [6.45, 7) is 2.38. The minimum atomic E-state index is -0.357. The first kappa shape index (κ1) is 14.3. The van der Waals surface area contributed by atoms with Crippen LogP contribution in [0.1, 0.15) is 30.1 Å². The van der Waals surface area contributed by atoms with E-state index in [0.29, 0.717) is 30.7 Å². The molecular weight excluding hydrogens is 256 g/mol. The largest absolute Gasteiger partial charge is 0.444 e. The number of rotatable bonds is 6. The molecule has 0 fully saturated rings. The number of hydrogen-bond acceptors (Lipinski definition) is 4. The molecular formula is C15H18N2O3. The van der Waals surface area contributed by atoms with E-state index in [1.165, 1.54) is 6.39 Å². The first-order valence-electron chi connectivity index (χ1n) is 6.66. The van der Waals surface area contributed by atoms with Crippen molar-refractivity contribution in [3.8, 4) is 11.3 Å². The van der Waals surface area contributed by atoms with Gasteiger partial charge in [-0.1, -0.05) is 19.1 Å². The molecule has 0 aliphatic heterocycles. The Bertz CT molecular complexity index is 535. The van der Waals surface area contributed by atoms with Gasteiger partial charge < -0.3 is 14.8 Å². The van der Waals surface area contributed by atoms with Crippen LogP contribution in [0.5, 0.6) is 0 Å². The highest BCUT2D eigenvalue weighted by atomic mass is 16.3. The summed E-state index contributed by atoms with van der Waals surface area (Å²) in [4.78, 5) is 15.7. The Morgan fingerprint density at radius 2 is 2.15 bits per heavy atom. The molecule has 5 heteroatoms. The second-order valence-corrected chi connectivity index (χ2v) is 4.55. The van der Waals surface area contributed by atoms with Crippen molar-refractivity contribution in [1.82, 2.24) is 10.3 Å². The van der Waals surface area contributed by atoms with Gasteiger partial charge in [0.2, 0.25) is 0 Å². The summed E-state index contributed by atoms with van der Waals surface area (Å²) >= 11 is 0. The summed E-state index contributed by atoms with van der Waals surface area (Å²) < 4.78 is 5.18. The third-order valence-electron chi connectivity index (χ3n) is 3.10. The molecule has 5 nitrogen and oxygen atoms in total. The van der Waals surface area contributed by atoms with E-state index in [4.69, 9.17) is 4.42 Å². The Morgan fingerprint density at radius 3 is 2.75 bits per heavy atom. The zero-order valence-corrected chi connectivity index (χ0v) is 11.4. The van der Waals surface area contributed by atoms with Crippen LogP contribution in [-0.2, 0) is 0 Å². The number of benzene rings is 1. The van der Waals surface area contributed by atoms with Gasteiger partial charge in [-0.3, -0.25) is 4.79 Å². The van der Waals surface area contributed by atoms with Crippen molar-refractivity contribution in [3.05, 3.63) is 42.4 Å². The van der Waals surface area contributed by atoms with Gasteiger partial charge in [0.1, 0.15) is 0 Å². The molecule has 0 saturated heterocycles. The molecule has 0 saturated carbocycles. The van der Waals surface area contributed by atoms with Gasteiger partial charge in [0, 0.05) is 17.7 Å². The lowest BCUT2D eigenvalue weighted by molar-refractivity contribution is 0.0942. The Morgan fingerprint density at radius 1 is 1.40 bits per heavy atom. The summed E-state index contributed by atoms with van der Waals surface area (Å²) in [6.07, 6.45) is 3.90. The molecule has 0 spiro atoms. The van der Waals surface area contributed by atoms with E-state index >= 15 is 0 Å². The molecule has 20 heavy (non-hydrogen) atoms. The number of aliphatic hydroxyl groups is 1. The van der Waals surface area contributed by atoms with E-state index < -0.39 is 0 Å². The molecule has 1 aromatic heterocycles. The Hall–Kier alpha value is -2.14. The number of carbonyl (C=O) groups is 1. The monoisotopic (exact) mass is 274 g/mol. The van der Waals surface area contributed by atoms with Crippen LogP contribution >= 0.6 is 0 Å². The Labute approximate surface area is 117 Å². The van der Waals surface area contributed by atoms with E-state index in [1.54, 1.807) is 18.3 Å². The molecule has 0 aliphatic rings. The summed E-state index contributed by atoms with van der Waals surface area (Å²) in [5, 5.41) is 12.2. The van der Waals surface area contributed by atoms with Crippen molar-refractivity contribution < 1.29 is 14.3 Å². The van der Waals surface area contributed by atoms with Crippen LogP contribution in [0.25, 0.3) is 11.3 Å². The Kier molecular flexibility index (Phi) is 4.90. The Balaban J connectivity index is 1.91. The van der Waals surface area contributed by atoms with Gasteiger partial charge in [-0.25, -0.2) is 4.98 Å². The fourth-order valence-corrected chi connectivity index (χ4v) is 1.80. The summed E-state index contributed by atoms with van der Waals surface area (Å²) in [5.41, 5.74) is 1.46. The zero-order valence-electron chi connectivity index (χ0n) is 11.4. The lowest BCUT2D eigenvalue weighted by Crippen LogP contribution is -2.26. The van der Waals surface area contributed by atoms with Gasteiger partial charge in [0.15, 0.2) is 12.2 Å². The number of nitrogens with zero attached hydrogens (tertiary/aromatic N) is 1. The molecule has 2 rings (SSSR count). The van der Waals surface area contributed by atoms with Gasteiger partial charge in [-0.2, -0.15) is 0 Å². The van der Waals surface area contributed by atoms with Gasteiger partial charge in [-0.05, 0) is 25.0 Å². The molecule has 1 aromatic carbocycles. The van der Waals surface area contributed by atoms with Gasteiger partial charge >= 0.3 is 0 Å². The smallest absolute Gasteiger partial charge is 0.251 e. The molecule has 2 aromatic rings. The predicted octanol–water partition coefficient (Wildman–Crippen LogP) is 2.23. The van der Waals surface area contributed by atoms with Crippen molar-refractivity contribution in [2.24, 2.45) is 0 Å². The van der Waals surface area contributed by atoms with Crippen LogP contribution < -0.4 is 5.32 Å². The fraction of sp³-hybridized carbons (Fsp3) is 0.333. The normalized spacial score (nSPS) is 12.1. The van der Waals surface area contributed by atoms with Gasteiger partial charge in [0.25, 0.3) is 5.91 Å². The van der Waals surface area contributed by atoms with E-state index in [0.717, 1.165) is 5.56 Å². The molecule has 106 valence electrons. The average molecular weight is 274 g/mol. The molecule has 1 heterocycles. The lowest BCUT2D eigenvalue weighted by Gasteiger charge is -2.09. The molecule has 1 atom stereocenters. The number of nitrogens with one attached hydrogen (secondary N) is 1. The van der Waals surface area contributed by atoms with Crippen LogP contribution in [0.4, 0.5) is 0 Å². The standard InChI is InChI=1S/C15H18N2O3/c1-2-13(18)7-8-17-15(19)12-5-3-11(4-6-12)14-9-16-10-20-14/h3-6,9-10,13,18H,2,7-8H2,1H3,(H,17,19). The van der Waals surface area contributed by atoms with Crippen LogP contribution in [0, 0.1) is 0 Å². The van der Waals surface area contributed by atoms with Crippen molar-refractivity contribution in [2.45, 2.75) is 25.9 Å². The van der Waals surface area contributed by atoms with E-state index in [-0.39, 0.29) is 12.0 Å². The van der Waals surface area contributed by atoms with Gasteiger partial charge in [0.05, 0.1) is 12.3 Å². The highest BCUT2D eigenvalue weighted by molar-refractivity contribution is 5.94. The molecule has 0 aliphatic carbocycles. The number of carbonyl (C=O) groups excluding carboxylic acids is 1. The van der Waals surface area contributed by atoms with Crippen molar-refractivity contribution in [3.63, 3.8) is 0 Å². The third-order valence-corrected chi connectivity index (χ3v) is 3.10. The molecule has 1 amide bonds. The summed E-state index contributed by atoms with van der Waals surface area (Å²) in [7, 11) is 0. The quantitative estimate of drug-likeness (QED) is 0.847. The number of aromatic nitrogens is 1. The number of hydrogen-bond donors (Lipinski definition) is 2. The van der Waals surface area contributed by atoms with Crippen molar-refractivity contribution in [1.29, 1.82) is 0 Å². The maximum atomic E-state index is 11.9. The SMILES string of the molecule is CCC(O)CCNC(=O)c1ccc(-c2cnco2)cc1. The summed E-state index contributed by atoms with van der Waals surface area (Å²) in [6, 6.07) is 7.11. The number of oxazole rings is 1. The molecule has 0 bridgehead atoms. The topological polar surface area (TPSA) is 75.4 Å². The molecule has 0 radical (unpaired) electrons. The van der Waals surface area contributed by atoms with Crippen molar-refractivity contribution in [2.75, 3.05) is 6.54 Å². The van der Waals surface area contributed by atoms with Crippen molar-refractivity contribution >= 4 is 5.91 Å². The number of amides is 1. The first-order chi connectivity index (χ1) is 9.70. The highest BCUT2D eigenvalue weighted by Crippen LogP contribution is 2.18. The summed E-state index contributed by atoms with van der Waals surface area (Å²) in [5.74, 6) is 0.528. The van der Waals surface area contributed by atoms with E-state index in [1.807, 2.05) is 19.1 Å². The minimum Gasteiger partial charge on any atom is -0.444 e. The molecule has 1 unspecified atom stereocenters. The maximum absolute atomic E-state index is 11.9. The molecule has 2 N–H and O–H groups in total. The fourth-order valence-electron chi connectivity index (χ4n) is 1.80. The van der Waals surface area contributed by atoms with Gasteiger partial charge in [-0.15, -0.1) is 0 Å². The second-order valence-electron chi connectivity index (χ2n) is 4.55. The first-order valence-corrected chi connectivity index (χ1v) is 6.66.